The minimum Gasteiger partial charge on any atom is -0.468 e. The normalized spacial score (nSPS) is 22.5. The highest BCUT2D eigenvalue weighted by Gasteiger charge is 2.44. The average Bonchev–Trinajstić information content (AvgIpc) is 3.40. The summed E-state index contributed by atoms with van der Waals surface area (Å²) in [5.41, 5.74) is 1.96. The maximum atomic E-state index is 13.1. The van der Waals surface area contributed by atoms with Crippen LogP contribution in [0.4, 0.5) is 0 Å². The van der Waals surface area contributed by atoms with Crippen molar-refractivity contribution in [1.29, 1.82) is 0 Å². The predicted octanol–water partition coefficient (Wildman–Crippen LogP) is 3.16. The van der Waals surface area contributed by atoms with Crippen LogP contribution in [0.3, 0.4) is 0 Å². The lowest BCUT2D eigenvalue weighted by Gasteiger charge is -2.38. The lowest BCUT2D eigenvalue weighted by Crippen LogP contribution is -2.49. The number of carbonyl (C=O) groups is 1. The van der Waals surface area contributed by atoms with E-state index in [-0.39, 0.29) is 18.0 Å². The number of hydrogen-bond donors (Lipinski definition) is 0. The molecule has 1 aromatic carbocycles. The Morgan fingerprint density at radius 2 is 1.77 bits per heavy atom. The molecule has 0 saturated carbocycles. The number of rotatable bonds is 4. The van der Waals surface area contributed by atoms with Crippen LogP contribution in [0.1, 0.15) is 27.9 Å². The van der Waals surface area contributed by atoms with Crippen LogP contribution in [0.5, 0.6) is 0 Å². The monoisotopic (exact) mass is 347 g/mol. The number of aromatic nitrogens is 1. The van der Waals surface area contributed by atoms with Crippen LogP contribution in [0.15, 0.2) is 71.5 Å². The van der Waals surface area contributed by atoms with Crippen molar-refractivity contribution in [2.24, 2.45) is 0 Å². The Labute approximate surface area is 152 Å². The maximum Gasteiger partial charge on any atom is 0.271 e. The van der Waals surface area contributed by atoms with E-state index >= 15 is 0 Å². The van der Waals surface area contributed by atoms with Crippen molar-refractivity contribution in [3.8, 4) is 0 Å². The molecule has 5 rings (SSSR count). The fourth-order valence-corrected chi connectivity index (χ4v) is 4.31. The fourth-order valence-electron chi connectivity index (χ4n) is 4.31. The molecule has 2 aliphatic rings. The first-order valence-electron chi connectivity index (χ1n) is 9.06. The van der Waals surface area contributed by atoms with Crippen molar-refractivity contribution in [1.82, 2.24) is 14.4 Å². The Hall–Kier alpha value is -2.79. The van der Waals surface area contributed by atoms with Gasteiger partial charge in [-0.1, -0.05) is 30.3 Å². The van der Waals surface area contributed by atoms with E-state index in [1.807, 2.05) is 48.7 Å². The molecule has 2 aliphatic heterocycles. The maximum absolute atomic E-state index is 13.1. The summed E-state index contributed by atoms with van der Waals surface area (Å²) in [6.45, 7) is 3.22. The molecule has 0 aliphatic carbocycles. The summed E-state index contributed by atoms with van der Waals surface area (Å²) in [4.78, 5) is 17.6. The summed E-state index contributed by atoms with van der Waals surface area (Å²) in [5, 5.41) is 0. The van der Waals surface area contributed by atoms with Gasteiger partial charge in [-0.2, -0.15) is 0 Å². The smallest absolute Gasteiger partial charge is 0.271 e. The summed E-state index contributed by atoms with van der Waals surface area (Å²) in [6.07, 6.45) is 3.76. The largest absolute Gasteiger partial charge is 0.468 e. The number of fused-ring (bicyclic) bond motifs is 3. The van der Waals surface area contributed by atoms with Crippen molar-refractivity contribution in [3.63, 3.8) is 0 Å². The second kappa shape index (κ2) is 6.18. The standard InChI is InChI=1S/C21H21N3O2/c25-21-18-9-4-10-23(18)19-14-22(13-17-8-5-11-26-17)15-20(19)24(21)12-16-6-2-1-3-7-16/h1-11,19-20H,12-15H2/t19-,20+/m1/s1. The first kappa shape index (κ1) is 15.5. The van der Waals surface area contributed by atoms with E-state index in [1.165, 1.54) is 5.56 Å². The van der Waals surface area contributed by atoms with E-state index in [0.29, 0.717) is 6.54 Å². The van der Waals surface area contributed by atoms with E-state index < -0.39 is 0 Å². The first-order chi connectivity index (χ1) is 12.8. The van der Waals surface area contributed by atoms with Crippen molar-refractivity contribution < 1.29 is 9.21 Å². The molecule has 0 unspecified atom stereocenters. The van der Waals surface area contributed by atoms with Gasteiger partial charge in [0.05, 0.1) is 24.9 Å². The number of amides is 1. The van der Waals surface area contributed by atoms with Crippen molar-refractivity contribution in [2.45, 2.75) is 25.2 Å². The van der Waals surface area contributed by atoms with E-state index in [4.69, 9.17) is 4.42 Å². The Kier molecular flexibility index (Phi) is 3.68. The SMILES string of the molecule is O=C1c2cccn2[C@@H]2CN(Cc3ccco3)C[C@@H]2N1Cc1ccccc1. The summed E-state index contributed by atoms with van der Waals surface area (Å²) in [7, 11) is 0. The van der Waals surface area contributed by atoms with Gasteiger partial charge in [-0.05, 0) is 29.8 Å². The summed E-state index contributed by atoms with van der Waals surface area (Å²) < 4.78 is 7.68. The van der Waals surface area contributed by atoms with Crippen LogP contribution in [0.2, 0.25) is 0 Å². The Bertz CT molecular complexity index is 901. The lowest BCUT2D eigenvalue weighted by atomic mass is 10.0. The minimum atomic E-state index is 0.125. The van der Waals surface area contributed by atoms with Crippen LogP contribution >= 0.6 is 0 Å². The number of likely N-dealkylation sites (tertiary alicyclic amines) is 1. The molecule has 0 radical (unpaired) electrons. The third kappa shape index (κ3) is 2.56. The van der Waals surface area contributed by atoms with Crippen LogP contribution in [-0.4, -0.2) is 39.4 Å². The van der Waals surface area contributed by atoms with Gasteiger partial charge in [0.2, 0.25) is 0 Å². The number of furan rings is 1. The highest BCUT2D eigenvalue weighted by atomic mass is 16.3. The highest BCUT2D eigenvalue weighted by molar-refractivity contribution is 5.94. The molecule has 2 aromatic heterocycles. The fraction of sp³-hybridized carbons (Fsp3) is 0.286. The molecule has 1 fully saturated rings. The zero-order valence-electron chi connectivity index (χ0n) is 14.5. The molecule has 0 spiro atoms. The molecular formula is C21H21N3O2. The van der Waals surface area contributed by atoms with Gasteiger partial charge in [-0.25, -0.2) is 0 Å². The van der Waals surface area contributed by atoms with Gasteiger partial charge in [0.1, 0.15) is 11.5 Å². The summed E-state index contributed by atoms with van der Waals surface area (Å²) >= 11 is 0. The van der Waals surface area contributed by atoms with E-state index in [1.54, 1.807) is 6.26 Å². The molecule has 3 aromatic rings. The topological polar surface area (TPSA) is 41.6 Å². The van der Waals surface area contributed by atoms with Gasteiger partial charge < -0.3 is 13.9 Å². The molecule has 1 amide bonds. The van der Waals surface area contributed by atoms with Crippen molar-refractivity contribution >= 4 is 5.91 Å². The second-order valence-electron chi connectivity index (χ2n) is 7.13. The Morgan fingerprint density at radius 1 is 0.923 bits per heavy atom. The molecule has 26 heavy (non-hydrogen) atoms. The highest BCUT2D eigenvalue weighted by Crippen LogP contribution is 2.35. The van der Waals surface area contributed by atoms with Gasteiger partial charge >= 0.3 is 0 Å². The molecule has 132 valence electrons. The van der Waals surface area contributed by atoms with Crippen LogP contribution < -0.4 is 0 Å². The molecule has 0 N–H and O–H groups in total. The zero-order valence-corrected chi connectivity index (χ0v) is 14.5. The molecule has 5 nitrogen and oxygen atoms in total. The minimum absolute atomic E-state index is 0.125. The molecule has 1 saturated heterocycles. The number of nitrogens with zero attached hydrogens (tertiary/aromatic N) is 3. The van der Waals surface area contributed by atoms with Crippen molar-refractivity contribution in [3.05, 3.63) is 84.1 Å². The quantitative estimate of drug-likeness (QED) is 0.728. The van der Waals surface area contributed by atoms with Gasteiger partial charge in [0.25, 0.3) is 5.91 Å². The summed E-state index contributed by atoms with van der Waals surface area (Å²) in [6, 6.07) is 18.6. The van der Waals surface area contributed by atoms with Gasteiger partial charge in [-0.3, -0.25) is 9.69 Å². The Morgan fingerprint density at radius 3 is 2.58 bits per heavy atom. The summed E-state index contributed by atoms with van der Waals surface area (Å²) in [5.74, 6) is 1.09. The third-order valence-corrected chi connectivity index (χ3v) is 5.51. The van der Waals surface area contributed by atoms with Gasteiger partial charge in [0, 0.05) is 25.8 Å². The molecule has 2 atom stereocenters. The number of benzene rings is 1. The molecule has 5 heteroatoms. The second-order valence-corrected chi connectivity index (χ2v) is 7.13. The van der Waals surface area contributed by atoms with Crippen LogP contribution in [0, 0.1) is 0 Å². The van der Waals surface area contributed by atoms with Crippen LogP contribution in [0.25, 0.3) is 0 Å². The average molecular weight is 347 g/mol. The van der Waals surface area contributed by atoms with Crippen LogP contribution in [-0.2, 0) is 13.1 Å². The number of hydrogen-bond acceptors (Lipinski definition) is 3. The third-order valence-electron chi connectivity index (χ3n) is 5.51. The van der Waals surface area contributed by atoms with Gasteiger partial charge in [0.15, 0.2) is 0 Å². The number of carbonyl (C=O) groups excluding carboxylic acids is 1. The Balaban J connectivity index is 1.45. The van der Waals surface area contributed by atoms with E-state index in [2.05, 4.69) is 26.5 Å². The van der Waals surface area contributed by atoms with Crippen molar-refractivity contribution in [2.75, 3.05) is 13.1 Å². The zero-order chi connectivity index (χ0) is 17.5. The molecular weight excluding hydrogens is 326 g/mol. The predicted molar refractivity (Wildman–Crippen MR) is 97.6 cm³/mol. The molecule has 0 bridgehead atoms. The van der Waals surface area contributed by atoms with Gasteiger partial charge in [-0.15, -0.1) is 0 Å². The first-order valence-corrected chi connectivity index (χ1v) is 9.06. The molecule has 4 heterocycles. The lowest BCUT2D eigenvalue weighted by molar-refractivity contribution is 0.0556. The van der Waals surface area contributed by atoms with E-state index in [0.717, 1.165) is 31.1 Å². The van der Waals surface area contributed by atoms with E-state index in [9.17, 15) is 4.79 Å².